The number of ether oxygens (including phenoxy) is 1. The average Bonchev–Trinajstić information content (AvgIpc) is 2.32. The maximum absolute atomic E-state index is 12.0. The van der Waals surface area contributed by atoms with Crippen LogP contribution in [-0.2, 0) is 14.6 Å². The smallest absolute Gasteiger partial charge is 0.336 e. The van der Waals surface area contributed by atoms with E-state index in [0.717, 1.165) is 0 Å². The third-order valence-electron chi connectivity index (χ3n) is 1.97. The first-order valence-electron chi connectivity index (χ1n) is 4.34. The van der Waals surface area contributed by atoms with Gasteiger partial charge in [0.1, 0.15) is 0 Å². The minimum absolute atomic E-state index is 0. The van der Waals surface area contributed by atoms with Gasteiger partial charge < -0.3 is 10.1 Å². The normalized spacial score (nSPS) is 23.3. The number of halogens is 3. The predicted octanol–water partition coefficient (Wildman–Crippen LogP) is 0.424. The van der Waals surface area contributed by atoms with Crippen LogP contribution >= 0.6 is 12.4 Å². The first-order valence-corrected chi connectivity index (χ1v) is 6.06. The van der Waals surface area contributed by atoms with Crippen molar-refractivity contribution in [1.29, 1.82) is 0 Å². The van der Waals surface area contributed by atoms with Gasteiger partial charge in [-0.25, -0.2) is 8.42 Å². The van der Waals surface area contributed by atoms with Gasteiger partial charge in [-0.2, -0.15) is 8.78 Å². The molecule has 1 saturated heterocycles. The first kappa shape index (κ1) is 15.0. The highest BCUT2D eigenvalue weighted by Crippen LogP contribution is 2.11. The first-order chi connectivity index (χ1) is 6.52. The summed E-state index contributed by atoms with van der Waals surface area (Å²) in [7, 11) is -4.30. The zero-order chi connectivity index (χ0) is 10.6. The molecule has 0 spiro atoms. The van der Waals surface area contributed by atoms with Crippen molar-refractivity contribution in [3.05, 3.63) is 0 Å². The summed E-state index contributed by atoms with van der Waals surface area (Å²) in [5.74, 6) is -3.89. The van der Waals surface area contributed by atoms with Gasteiger partial charge in [0.15, 0.2) is 0 Å². The Balaban J connectivity index is 0.00000196. The third-order valence-corrected chi connectivity index (χ3v) is 3.34. The molecule has 0 radical (unpaired) electrons. The van der Waals surface area contributed by atoms with E-state index in [0.29, 0.717) is 26.1 Å². The summed E-state index contributed by atoms with van der Waals surface area (Å²) < 4.78 is 50.9. The van der Waals surface area contributed by atoms with Crippen molar-refractivity contribution >= 4 is 22.2 Å². The monoisotopic (exact) mass is 265 g/mol. The van der Waals surface area contributed by atoms with E-state index in [4.69, 9.17) is 4.74 Å². The lowest BCUT2D eigenvalue weighted by atomic mass is 10.3. The highest BCUT2D eigenvalue weighted by atomic mass is 35.5. The summed E-state index contributed by atoms with van der Waals surface area (Å²) in [6.07, 6.45) is -0.157. The minimum atomic E-state index is -4.30. The van der Waals surface area contributed by atoms with Crippen LogP contribution in [0.5, 0.6) is 0 Å². The molecule has 0 aromatic heterocycles. The molecular formula is C7H14ClF2NO3S. The molecule has 15 heavy (non-hydrogen) atoms. The summed E-state index contributed by atoms with van der Waals surface area (Å²) in [5, 5.41) is 2.98. The van der Waals surface area contributed by atoms with Crippen LogP contribution in [0.15, 0.2) is 0 Å². The fraction of sp³-hybridized carbons (Fsp3) is 1.00. The third kappa shape index (κ3) is 5.05. The van der Waals surface area contributed by atoms with E-state index in [1.807, 2.05) is 0 Å². The second-order valence-electron chi connectivity index (χ2n) is 3.12. The number of alkyl halides is 2. The second kappa shape index (κ2) is 6.57. The molecule has 0 aromatic carbocycles. The number of nitrogens with one attached hydrogen (secondary N) is 1. The summed E-state index contributed by atoms with van der Waals surface area (Å²) in [6, 6.07) is 0. The van der Waals surface area contributed by atoms with Gasteiger partial charge in [0.25, 0.3) is 0 Å². The predicted molar refractivity (Wildman–Crippen MR) is 54.3 cm³/mol. The van der Waals surface area contributed by atoms with Crippen LogP contribution in [0.25, 0.3) is 0 Å². The lowest BCUT2D eigenvalue weighted by molar-refractivity contribution is 0.0791. The van der Waals surface area contributed by atoms with Gasteiger partial charge in [-0.1, -0.05) is 0 Å². The van der Waals surface area contributed by atoms with Gasteiger partial charge in [-0.3, -0.25) is 0 Å². The number of rotatable bonds is 3. The Morgan fingerprint density at radius 3 is 2.67 bits per heavy atom. The molecular weight excluding hydrogens is 252 g/mol. The number of hydrogen-bond acceptors (Lipinski definition) is 4. The maximum Gasteiger partial charge on any atom is 0.336 e. The topological polar surface area (TPSA) is 55.4 Å². The highest BCUT2D eigenvalue weighted by Gasteiger charge is 2.28. The van der Waals surface area contributed by atoms with Crippen molar-refractivity contribution in [1.82, 2.24) is 5.32 Å². The molecule has 1 N–H and O–H groups in total. The Bertz CT molecular complexity index is 265. The Hall–Kier alpha value is 0.0200. The molecule has 1 unspecified atom stereocenters. The molecule has 0 saturated carbocycles. The summed E-state index contributed by atoms with van der Waals surface area (Å²) >= 11 is 0. The molecule has 0 aliphatic carbocycles. The molecule has 1 aliphatic rings. The van der Waals surface area contributed by atoms with Crippen molar-refractivity contribution in [2.45, 2.75) is 18.3 Å². The van der Waals surface area contributed by atoms with Gasteiger partial charge in [-0.15, -0.1) is 12.4 Å². The molecule has 1 heterocycles. The molecule has 0 bridgehead atoms. The van der Waals surface area contributed by atoms with Crippen molar-refractivity contribution in [3.63, 3.8) is 0 Å². The van der Waals surface area contributed by atoms with Crippen LogP contribution in [0, 0.1) is 0 Å². The van der Waals surface area contributed by atoms with Gasteiger partial charge in [-0.05, 0) is 13.0 Å². The van der Waals surface area contributed by atoms with Crippen LogP contribution in [0.2, 0.25) is 0 Å². The van der Waals surface area contributed by atoms with E-state index < -0.39 is 27.5 Å². The highest BCUT2D eigenvalue weighted by molar-refractivity contribution is 7.91. The Labute approximate surface area is 93.7 Å². The van der Waals surface area contributed by atoms with Crippen molar-refractivity contribution in [2.75, 3.05) is 25.4 Å². The van der Waals surface area contributed by atoms with Crippen LogP contribution in [0.3, 0.4) is 0 Å². The number of hydrogen-bond donors (Lipinski definition) is 1. The fourth-order valence-corrected chi connectivity index (χ4v) is 2.16. The average molecular weight is 266 g/mol. The molecule has 1 atom stereocenters. The van der Waals surface area contributed by atoms with Gasteiger partial charge in [0.05, 0.1) is 18.5 Å². The van der Waals surface area contributed by atoms with Gasteiger partial charge in [0, 0.05) is 6.54 Å². The summed E-state index contributed by atoms with van der Waals surface area (Å²) in [6.45, 7) is 1.60. The Morgan fingerprint density at radius 2 is 2.07 bits per heavy atom. The molecule has 1 rings (SSSR count). The lowest BCUT2D eigenvalue weighted by Gasteiger charge is -2.13. The summed E-state index contributed by atoms with van der Waals surface area (Å²) in [5.41, 5.74) is 0. The summed E-state index contributed by atoms with van der Waals surface area (Å²) in [4.78, 5) is 0. The Morgan fingerprint density at radius 1 is 1.40 bits per heavy atom. The van der Waals surface area contributed by atoms with E-state index in [2.05, 4.69) is 5.32 Å². The van der Waals surface area contributed by atoms with Gasteiger partial charge >= 0.3 is 5.76 Å². The molecule has 0 amide bonds. The largest absolute Gasteiger partial charge is 0.376 e. The molecule has 1 aliphatic heterocycles. The van der Waals surface area contributed by atoms with E-state index in [1.54, 1.807) is 0 Å². The van der Waals surface area contributed by atoms with E-state index in [1.165, 1.54) is 0 Å². The van der Waals surface area contributed by atoms with Crippen LogP contribution in [-0.4, -0.2) is 45.7 Å². The SMILES string of the molecule is Cl.O=S(=O)(CC1CCNCCO1)C(F)F. The second-order valence-corrected chi connectivity index (χ2v) is 5.14. The van der Waals surface area contributed by atoms with Crippen molar-refractivity contribution in [2.24, 2.45) is 0 Å². The standard InChI is InChI=1S/C7H13F2NO3S.ClH/c8-7(9)14(11,12)5-6-1-2-10-3-4-13-6;/h6-7,10H,1-5H2;1H. The minimum Gasteiger partial charge on any atom is -0.376 e. The van der Waals surface area contributed by atoms with E-state index in [9.17, 15) is 17.2 Å². The van der Waals surface area contributed by atoms with E-state index in [-0.39, 0.29) is 12.4 Å². The van der Waals surface area contributed by atoms with Gasteiger partial charge in [0.2, 0.25) is 9.84 Å². The molecule has 4 nitrogen and oxygen atoms in total. The molecule has 1 fully saturated rings. The molecule has 8 heteroatoms. The van der Waals surface area contributed by atoms with Crippen LogP contribution < -0.4 is 5.32 Å². The van der Waals surface area contributed by atoms with Crippen LogP contribution in [0.4, 0.5) is 8.78 Å². The lowest BCUT2D eigenvalue weighted by Crippen LogP contribution is -2.28. The zero-order valence-corrected chi connectivity index (χ0v) is 9.62. The van der Waals surface area contributed by atoms with Crippen molar-refractivity contribution in [3.8, 4) is 0 Å². The molecule has 92 valence electrons. The maximum atomic E-state index is 12.0. The van der Waals surface area contributed by atoms with Crippen molar-refractivity contribution < 1.29 is 21.9 Å². The fourth-order valence-electron chi connectivity index (χ4n) is 1.23. The number of sulfone groups is 1. The Kier molecular flexibility index (Phi) is 6.58. The van der Waals surface area contributed by atoms with Crippen LogP contribution in [0.1, 0.15) is 6.42 Å². The molecule has 0 aromatic rings. The zero-order valence-electron chi connectivity index (χ0n) is 7.99. The quantitative estimate of drug-likeness (QED) is 0.804. The van der Waals surface area contributed by atoms with E-state index >= 15 is 0 Å².